The zero-order valence-corrected chi connectivity index (χ0v) is 9.36. The molecule has 0 amide bonds. The predicted octanol–water partition coefficient (Wildman–Crippen LogP) is 4.70. The topological polar surface area (TPSA) is 0 Å². The van der Waals surface area contributed by atoms with E-state index in [4.69, 9.17) is 0 Å². The van der Waals surface area contributed by atoms with Crippen LogP contribution in [0.1, 0.15) is 0 Å². The first-order chi connectivity index (χ1) is 6.01. The van der Waals surface area contributed by atoms with Crippen LogP contribution < -0.4 is 0 Å². The molecule has 0 saturated heterocycles. The van der Waals surface area contributed by atoms with E-state index >= 15 is 0 Å². The van der Waals surface area contributed by atoms with Gasteiger partial charge in [0.15, 0.2) is 0 Å². The Balaban J connectivity index is 2.78. The molecule has 0 nitrogen and oxygen atoms in total. The van der Waals surface area contributed by atoms with E-state index in [1.807, 2.05) is 0 Å². The second-order valence-electron chi connectivity index (χ2n) is 2.10. The normalized spacial score (nSPS) is 11.7. The molecule has 0 radical (unpaired) electrons. The molecular formula is C7H4BrF3S2. The maximum absolute atomic E-state index is 11.9. The van der Waals surface area contributed by atoms with Crippen LogP contribution in [0.3, 0.4) is 0 Å². The van der Waals surface area contributed by atoms with E-state index in [2.05, 4.69) is 14.8 Å². The Kier molecular flexibility index (Phi) is 4.00. The van der Waals surface area contributed by atoms with Crippen LogP contribution in [-0.4, -0.2) is 5.51 Å². The zero-order chi connectivity index (χ0) is 9.90. The summed E-state index contributed by atoms with van der Waals surface area (Å²) in [5, 5.41) is 0. The van der Waals surface area contributed by atoms with Gasteiger partial charge in [0.25, 0.3) is 0 Å². The molecule has 0 saturated carbocycles. The van der Waals surface area contributed by atoms with E-state index in [1.54, 1.807) is 12.1 Å². The van der Waals surface area contributed by atoms with Crippen molar-refractivity contribution in [3.8, 4) is 0 Å². The Labute approximate surface area is 89.5 Å². The molecule has 0 spiro atoms. The Morgan fingerprint density at radius 1 is 1.15 bits per heavy atom. The quantitative estimate of drug-likeness (QED) is 0.724. The van der Waals surface area contributed by atoms with Gasteiger partial charge >= 0.3 is 5.51 Å². The fourth-order valence-electron chi connectivity index (χ4n) is 0.719. The molecule has 0 aliphatic rings. The van der Waals surface area contributed by atoms with E-state index in [0.29, 0.717) is 0 Å². The number of alkyl halides is 3. The molecule has 0 N–H and O–H groups in total. The first-order valence-electron chi connectivity index (χ1n) is 3.15. The second kappa shape index (κ2) is 4.61. The summed E-state index contributed by atoms with van der Waals surface area (Å²) in [6.45, 7) is 0. The fourth-order valence-corrected chi connectivity index (χ4v) is 2.30. The van der Waals surface area contributed by atoms with Gasteiger partial charge in [-0.3, -0.25) is 0 Å². The van der Waals surface area contributed by atoms with Crippen molar-refractivity contribution in [1.29, 1.82) is 0 Å². The Hall–Kier alpha value is 0.190. The minimum absolute atomic E-state index is 0.104. The van der Waals surface area contributed by atoms with Crippen LogP contribution in [0.5, 0.6) is 0 Å². The minimum Gasteiger partial charge on any atom is -0.160 e. The first kappa shape index (κ1) is 11.3. The molecule has 1 aromatic rings. The monoisotopic (exact) mass is 288 g/mol. The molecule has 0 aliphatic carbocycles. The summed E-state index contributed by atoms with van der Waals surface area (Å²) >= 11 is 2.99. The third-order valence-corrected chi connectivity index (χ3v) is 3.40. The summed E-state index contributed by atoms with van der Waals surface area (Å²) in [6, 6.07) is 6.25. The van der Waals surface area contributed by atoms with Crippen molar-refractivity contribution >= 4 is 36.8 Å². The second-order valence-corrected chi connectivity index (χ2v) is 4.84. The molecule has 0 aromatic heterocycles. The molecule has 0 atom stereocenters. The smallest absolute Gasteiger partial charge is 0.160 e. The fraction of sp³-hybridized carbons (Fsp3) is 0.143. The van der Waals surface area contributed by atoms with Gasteiger partial charge in [-0.2, -0.15) is 13.2 Å². The van der Waals surface area contributed by atoms with E-state index in [-0.39, 0.29) is 16.7 Å². The van der Waals surface area contributed by atoms with Gasteiger partial charge in [0.05, 0.1) is 0 Å². The van der Waals surface area contributed by atoms with Crippen LogP contribution in [-0.2, 0) is 0 Å². The van der Waals surface area contributed by atoms with E-state index in [0.717, 1.165) is 4.90 Å². The Morgan fingerprint density at radius 2 is 1.77 bits per heavy atom. The number of benzene rings is 1. The summed E-state index contributed by atoms with van der Waals surface area (Å²) in [5.74, 6) is 0. The maximum atomic E-state index is 11.9. The third-order valence-electron chi connectivity index (χ3n) is 1.13. The van der Waals surface area contributed by atoms with Gasteiger partial charge in [-0.15, -0.1) is 0 Å². The summed E-state index contributed by atoms with van der Waals surface area (Å²) in [6.07, 6.45) is 0. The van der Waals surface area contributed by atoms with Crippen LogP contribution in [0.4, 0.5) is 13.2 Å². The van der Waals surface area contributed by atoms with Gasteiger partial charge in [-0.25, -0.2) is 0 Å². The first-order valence-corrected chi connectivity index (χ1v) is 6.63. The van der Waals surface area contributed by atoms with Crippen molar-refractivity contribution in [3.05, 3.63) is 24.3 Å². The molecule has 72 valence electrons. The third kappa shape index (κ3) is 4.28. The number of halogens is 4. The molecule has 6 heteroatoms. The van der Waals surface area contributed by atoms with Gasteiger partial charge in [-0.05, 0) is 55.0 Å². The highest BCUT2D eigenvalue weighted by atomic mass is 79.9. The van der Waals surface area contributed by atoms with Crippen LogP contribution in [0.2, 0.25) is 0 Å². The van der Waals surface area contributed by atoms with Crippen molar-refractivity contribution < 1.29 is 13.2 Å². The van der Waals surface area contributed by atoms with E-state index < -0.39 is 5.51 Å². The van der Waals surface area contributed by atoms with Crippen LogP contribution in [0.15, 0.2) is 34.1 Å². The van der Waals surface area contributed by atoms with Gasteiger partial charge in [-0.1, -0.05) is 6.07 Å². The summed E-state index contributed by atoms with van der Waals surface area (Å²) in [5.41, 5.74) is -4.21. The van der Waals surface area contributed by atoms with Crippen molar-refractivity contribution in [3.63, 3.8) is 0 Å². The summed E-state index contributed by atoms with van der Waals surface area (Å²) < 4.78 is 35.8. The predicted molar refractivity (Wildman–Crippen MR) is 53.1 cm³/mol. The van der Waals surface area contributed by atoms with Crippen LogP contribution in [0.25, 0.3) is 0 Å². The highest BCUT2D eigenvalue weighted by Crippen LogP contribution is 2.38. The van der Waals surface area contributed by atoms with Gasteiger partial charge in [0.1, 0.15) is 0 Å². The molecule has 0 fully saturated rings. The molecule has 1 rings (SSSR count). The van der Waals surface area contributed by atoms with Crippen molar-refractivity contribution in [1.82, 2.24) is 0 Å². The lowest BCUT2D eigenvalue weighted by Crippen LogP contribution is -1.98. The van der Waals surface area contributed by atoms with Crippen molar-refractivity contribution in [2.75, 3.05) is 0 Å². The zero-order valence-electron chi connectivity index (χ0n) is 6.14. The maximum Gasteiger partial charge on any atom is 0.446 e. The average Bonchev–Trinajstić information content (AvgIpc) is 2.01. The SMILES string of the molecule is FC(F)(F)Sc1cccc(SBr)c1. The Morgan fingerprint density at radius 3 is 2.31 bits per heavy atom. The van der Waals surface area contributed by atoms with Gasteiger partial charge in [0.2, 0.25) is 0 Å². The van der Waals surface area contributed by atoms with Crippen molar-refractivity contribution in [2.45, 2.75) is 15.3 Å². The van der Waals surface area contributed by atoms with E-state index in [1.165, 1.54) is 22.3 Å². The molecule has 0 bridgehead atoms. The van der Waals surface area contributed by atoms with Gasteiger partial charge in [0, 0.05) is 9.79 Å². The van der Waals surface area contributed by atoms with Crippen LogP contribution >= 0.6 is 36.8 Å². The van der Waals surface area contributed by atoms with Crippen molar-refractivity contribution in [2.24, 2.45) is 0 Å². The summed E-state index contributed by atoms with van der Waals surface area (Å²) in [7, 11) is 1.24. The number of hydrogen-bond donors (Lipinski definition) is 0. The lowest BCUT2D eigenvalue weighted by Gasteiger charge is -2.05. The van der Waals surface area contributed by atoms with E-state index in [9.17, 15) is 13.2 Å². The van der Waals surface area contributed by atoms with Gasteiger partial charge < -0.3 is 0 Å². The number of rotatable bonds is 2. The molecule has 1 aromatic carbocycles. The highest BCUT2D eigenvalue weighted by molar-refractivity contribution is 9.50. The summed E-state index contributed by atoms with van der Waals surface area (Å²) in [4.78, 5) is 0.964. The molecule has 0 aliphatic heterocycles. The molecule has 0 unspecified atom stereocenters. The van der Waals surface area contributed by atoms with Crippen LogP contribution in [0, 0.1) is 0 Å². The number of hydrogen-bond acceptors (Lipinski definition) is 2. The highest BCUT2D eigenvalue weighted by Gasteiger charge is 2.29. The lowest BCUT2D eigenvalue weighted by atomic mass is 10.4. The number of thioether (sulfide) groups is 1. The minimum atomic E-state index is -4.21. The molecule has 13 heavy (non-hydrogen) atoms. The lowest BCUT2D eigenvalue weighted by molar-refractivity contribution is -0.0328. The average molecular weight is 289 g/mol. The molecule has 0 heterocycles. The Bertz CT molecular complexity index is 287. The largest absolute Gasteiger partial charge is 0.446 e. The molecular weight excluding hydrogens is 285 g/mol. The standard InChI is InChI=1S/C7H4BrF3S2/c8-13-6-3-1-2-5(4-6)12-7(9,10)11/h1-4H.